The second kappa shape index (κ2) is 12.2. The Bertz CT molecular complexity index is 676. The molecular weight excluding hydrogens is 374 g/mol. The lowest BCUT2D eigenvalue weighted by atomic mass is 10.1. The third-order valence-corrected chi connectivity index (χ3v) is 5.59. The van der Waals surface area contributed by atoms with Gasteiger partial charge in [-0.2, -0.15) is 0 Å². The molecule has 1 aliphatic heterocycles. The molecule has 0 radical (unpaired) electrons. The third-order valence-electron chi connectivity index (χ3n) is 5.59. The first-order chi connectivity index (χ1) is 14.3. The predicted octanol–water partition coefficient (Wildman–Crippen LogP) is 3.11. The third kappa shape index (κ3) is 8.15. The number of rotatable bonds is 9. The zero-order valence-electron chi connectivity index (χ0n) is 20.2. The van der Waals surface area contributed by atoms with E-state index in [0.29, 0.717) is 18.5 Å². The maximum atomic E-state index is 6.29. The predicted molar refractivity (Wildman–Crippen MR) is 127 cm³/mol. The molecule has 1 aliphatic rings. The van der Waals surface area contributed by atoms with Gasteiger partial charge in [-0.05, 0) is 58.8 Å². The Balaban J connectivity index is 2.04. The maximum absolute atomic E-state index is 6.29. The normalized spacial score (nSPS) is 19.7. The fourth-order valence-electron chi connectivity index (χ4n) is 3.87. The number of benzene rings is 1. The molecule has 30 heavy (non-hydrogen) atoms. The molecule has 2 rings (SSSR count). The van der Waals surface area contributed by atoms with Gasteiger partial charge in [0.2, 0.25) is 0 Å². The van der Waals surface area contributed by atoms with Crippen LogP contribution in [-0.2, 0) is 6.54 Å². The van der Waals surface area contributed by atoms with Gasteiger partial charge in [-0.3, -0.25) is 4.90 Å². The Morgan fingerprint density at radius 2 is 1.97 bits per heavy atom. The lowest BCUT2D eigenvalue weighted by molar-refractivity contribution is 0.116. The maximum Gasteiger partial charge on any atom is 0.191 e. The molecule has 0 spiro atoms. The summed E-state index contributed by atoms with van der Waals surface area (Å²) in [7, 11) is 4.40. The molecule has 2 unspecified atom stereocenters. The summed E-state index contributed by atoms with van der Waals surface area (Å²) in [6, 6.07) is 6.90. The van der Waals surface area contributed by atoms with Crippen LogP contribution in [0.15, 0.2) is 23.2 Å². The number of hydrogen-bond acceptors (Lipinski definition) is 4. The van der Waals surface area contributed by atoms with Gasteiger partial charge in [-0.1, -0.05) is 26.0 Å². The average molecular weight is 418 g/mol. The highest BCUT2D eigenvalue weighted by Crippen LogP contribution is 2.24. The first kappa shape index (κ1) is 24.5. The van der Waals surface area contributed by atoms with Gasteiger partial charge in [0.25, 0.3) is 0 Å². The van der Waals surface area contributed by atoms with E-state index in [2.05, 4.69) is 87.3 Å². The summed E-state index contributed by atoms with van der Waals surface area (Å²) in [5.41, 5.74) is 2.34. The molecule has 6 heteroatoms. The SMILES string of the molecule is CCNC(=NCc1ccc(C)cc1OC(C)CC(C)C)NCC1CN(C)CCN1C. The van der Waals surface area contributed by atoms with E-state index in [9.17, 15) is 0 Å². The fraction of sp³-hybridized carbons (Fsp3) is 0.708. The van der Waals surface area contributed by atoms with Gasteiger partial charge >= 0.3 is 0 Å². The molecule has 0 amide bonds. The summed E-state index contributed by atoms with van der Waals surface area (Å²) in [6.45, 7) is 16.5. The number of piperazine rings is 1. The molecule has 0 bridgehead atoms. The van der Waals surface area contributed by atoms with Crippen molar-refractivity contribution in [2.24, 2.45) is 10.9 Å². The van der Waals surface area contributed by atoms with Crippen LogP contribution < -0.4 is 15.4 Å². The molecular formula is C24H43N5O. The van der Waals surface area contributed by atoms with E-state index >= 15 is 0 Å². The van der Waals surface area contributed by atoms with Crippen LogP contribution in [0.5, 0.6) is 5.75 Å². The lowest BCUT2D eigenvalue weighted by Gasteiger charge is -2.37. The molecule has 0 aromatic heterocycles. The number of likely N-dealkylation sites (N-methyl/N-ethyl adjacent to an activating group) is 2. The summed E-state index contributed by atoms with van der Waals surface area (Å²) in [6.07, 6.45) is 1.24. The number of guanidine groups is 1. The van der Waals surface area contributed by atoms with Gasteiger partial charge in [0, 0.05) is 44.3 Å². The van der Waals surface area contributed by atoms with Gasteiger partial charge in [-0.15, -0.1) is 0 Å². The van der Waals surface area contributed by atoms with E-state index in [4.69, 9.17) is 9.73 Å². The van der Waals surface area contributed by atoms with Crippen molar-refractivity contribution in [2.45, 2.75) is 59.7 Å². The standard InChI is InChI=1S/C24H43N5O/c1-8-25-24(27-16-22-17-28(6)11-12-29(22)7)26-15-21-10-9-19(4)14-23(21)30-20(5)13-18(2)3/h9-10,14,18,20,22H,8,11-13,15-17H2,1-7H3,(H2,25,26,27). The molecule has 6 nitrogen and oxygen atoms in total. The minimum absolute atomic E-state index is 0.194. The van der Waals surface area contributed by atoms with Crippen LogP contribution in [0.25, 0.3) is 0 Å². The number of aryl methyl sites for hydroxylation is 1. The zero-order chi connectivity index (χ0) is 22.1. The highest BCUT2D eigenvalue weighted by molar-refractivity contribution is 5.79. The van der Waals surface area contributed by atoms with Crippen molar-refractivity contribution in [3.05, 3.63) is 29.3 Å². The Morgan fingerprint density at radius 1 is 1.20 bits per heavy atom. The van der Waals surface area contributed by atoms with Crippen molar-refractivity contribution in [1.82, 2.24) is 20.4 Å². The van der Waals surface area contributed by atoms with Gasteiger partial charge in [0.15, 0.2) is 5.96 Å². The quantitative estimate of drug-likeness (QED) is 0.478. The van der Waals surface area contributed by atoms with E-state index in [1.165, 1.54) is 5.56 Å². The molecule has 1 aromatic carbocycles. The van der Waals surface area contributed by atoms with Crippen LogP contribution in [0.4, 0.5) is 0 Å². The molecule has 1 fully saturated rings. The summed E-state index contributed by atoms with van der Waals surface area (Å²) in [5.74, 6) is 2.44. The highest BCUT2D eigenvalue weighted by Gasteiger charge is 2.22. The van der Waals surface area contributed by atoms with Crippen molar-refractivity contribution in [3.63, 3.8) is 0 Å². The van der Waals surface area contributed by atoms with Crippen LogP contribution in [0.2, 0.25) is 0 Å². The van der Waals surface area contributed by atoms with E-state index < -0.39 is 0 Å². The van der Waals surface area contributed by atoms with Gasteiger partial charge in [0.1, 0.15) is 5.75 Å². The summed E-state index contributed by atoms with van der Waals surface area (Å²) in [4.78, 5) is 9.68. The summed E-state index contributed by atoms with van der Waals surface area (Å²) >= 11 is 0. The Kier molecular flexibility index (Phi) is 9.92. The number of nitrogens with zero attached hydrogens (tertiary/aromatic N) is 3. The average Bonchev–Trinajstić information content (AvgIpc) is 2.67. The lowest BCUT2D eigenvalue weighted by Crippen LogP contribution is -2.55. The van der Waals surface area contributed by atoms with Crippen LogP contribution in [0.3, 0.4) is 0 Å². The van der Waals surface area contributed by atoms with E-state index in [0.717, 1.165) is 56.4 Å². The minimum Gasteiger partial charge on any atom is -0.490 e. The number of hydrogen-bond donors (Lipinski definition) is 2. The second-order valence-corrected chi connectivity index (χ2v) is 9.14. The molecule has 1 saturated heterocycles. The zero-order valence-corrected chi connectivity index (χ0v) is 20.2. The highest BCUT2D eigenvalue weighted by atomic mass is 16.5. The Hall–Kier alpha value is -1.79. The van der Waals surface area contributed by atoms with Crippen LogP contribution in [-0.4, -0.2) is 74.7 Å². The van der Waals surface area contributed by atoms with Crippen LogP contribution >= 0.6 is 0 Å². The van der Waals surface area contributed by atoms with E-state index in [-0.39, 0.29) is 6.10 Å². The van der Waals surface area contributed by atoms with Crippen molar-refractivity contribution in [2.75, 3.05) is 46.8 Å². The van der Waals surface area contributed by atoms with Crippen molar-refractivity contribution < 1.29 is 4.74 Å². The van der Waals surface area contributed by atoms with Crippen molar-refractivity contribution in [3.8, 4) is 5.75 Å². The number of ether oxygens (including phenoxy) is 1. The molecule has 170 valence electrons. The van der Waals surface area contributed by atoms with E-state index in [1.807, 2.05) is 0 Å². The van der Waals surface area contributed by atoms with Crippen molar-refractivity contribution >= 4 is 5.96 Å². The molecule has 1 aromatic rings. The first-order valence-corrected chi connectivity index (χ1v) is 11.5. The van der Waals surface area contributed by atoms with E-state index in [1.54, 1.807) is 0 Å². The summed E-state index contributed by atoms with van der Waals surface area (Å²) in [5, 5.41) is 6.92. The minimum atomic E-state index is 0.194. The topological polar surface area (TPSA) is 52.1 Å². The fourth-order valence-corrected chi connectivity index (χ4v) is 3.87. The molecule has 0 saturated carbocycles. The number of aliphatic imine (C=N–C) groups is 1. The van der Waals surface area contributed by atoms with Crippen molar-refractivity contribution in [1.29, 1.82) is 0 Å². The monoisotopic (exact) mass is 417 g/mol. The van der Waals surface area contributed by atoms with Gasteiger partial charge < -0.3 is 20.3 Å². The summed E-state index contributed by atoms with van der Waals surface area (Å²) < 4.78 is 6.29. The second-order valence-electron chi connectivity index (χ2n) is 9.14. The Morgan fingerprint density at radius 3 is 2.67 bits per heavy atom. The number of nitrogens with one attached hydrogen (secondary N) is 2. The molecule has 0 aliphatic carbocycles. The smallest absolute Gasteiger partial charge is 0.191 e. The Labute approximate surface area is 184 Å². The first-order valence-electron chi connectivity index (χ1n) is 11.5. The van der Waals surface area contributed by atoms with Gasteiger partial charge in [0.05, 0.1) is 12.6 Å². The van der Waals surface area contributed by atoms with Gasteiger partial charge in [-0.25, -0.2) is 4.99 Å². The van der Waals surface area contributed by atoms with Crippen LogP contribution in [0, 0.1) is 12.8 Å². The largest absolute Gasteiger partial charge is 0.490 e. The van der Waals surface area contributed by atoms with Crippen LogP contribution in [0.1, 0.15) is 45.2 Å². The molecule has 2 atom stereocenters. The molecule has 1 heterocycles. The molecule has 2 N–H and O–H groups in total.